The summed E-state index contributed by atoms with van der Waals surface area (Å²) in [5.41, 5.74) is 4.30. The normalized spacial score (nSPS) is 16.0. The second kappa shape index (κ2) is 9.69. The Kier molecular flexibility index (Phi) is 6.51. The van der Waals surface area contributed by atoms with Gasteiger partial charge in [0.25, 0.3) is 5.91 Å². The first-order valence-electron chi connectivity index (χ1n) is 11.6. The maximum absolute atomic E-state index is 12.7. The van der Waals surface area contributed by atoms with Crippen LogP contribution in [0.1, 0.15) is 42.5 Å². The molecule has 0 atom stereocenters. The number of aromatic nitrogens is 2. The van der Waals surface area contributed by atoms with Crippen LogP contribution in [-0.4, -0.2) is 44.8 Å². The summed E-state index contributed by atoms with van der Waals surface area (Å²) in [6.07, 6.45) is 8.22. The first-order chi connectivity index (χ1) is 16.1. The SMILES string of the molecule is Cc1ccccc1C(=S)N1CCC(CCCNC(=O)C2=Cc3cnc4cccc(n34)S2)CC1. The molecule has 1 saturated heterocycles. The lowest BCUT2D eigenvalue weighted by molar-refractivity contribution is -0.116. The summed E-state index contributed by atoms with van der Waals surface area (Å²) in [6.45, 7) is 4.88. The summed E-state index contributed by atoms with van der Waals surface area (Å²) in [6, 6.07) is 14.4. The summed E-state index contributed by atoms with van der Waals surface area (Å²) >= 11 is 7.27. The Morgan fingerprint density at radius 2 is 2.00 bits per heavy atom. The second-order valence-corrected chi connectivity index (χ2v) is 10.2. The lowest BCUT2D eigenvalue weighted by Crippen LogP contribution is -2.38. The standard InChI is InChI=1S/C26H28N4OS2/c1-18-6-2-3-8-21(18)26(32)29-14-11-19(12-15-29)7-5-13-27-25(31)22-16-20-17-28-23-9-4-10-24(33-22)30(20)23/h2-4,6,8-10,16-17,19H,5,7,11-15H2,1H3,(H,27,31). The van der Waals surface area contributed by atoms with Crippen LogP contribution in [0.15, 0.2) is 58.6 Å². The Morgan fingerprint density at radius 3 is 2.82 bits per heavy atom. The van der Waals surface area contributed by atoms with Crippen LogP contribution >= 0.6 is 24.0 Å². The number of hydrogen-bond donors (Lipinski definition) is 1. The number of rotatable bonds is 6. The van der Waals surface area contributed by atoms with Gasteiger partial charge in [-0.15, -0.1) is 0 Å². The third kappa shape index (κ3) is 4.70. The molecule has 1 amide bonds. The number of carbonyl (C=O) groups excluding carboxylic acids is 1. The molecule has 1 aromatic carbocycles. The zero-order chi connectivity index (χ0) is 22.8. The summed E-state index contributed by atoms with van der Waals surface area (Å²) in [5.74, 6) is 0.705. The maximum Gasteiger partial charge on any atom is 0.258 e. The zero-order valence-corrected chi connectivity index (χ0v) is 20.4. The van der Waals surface area contributed by atoms with Gasteiger partial charge in [0.05, 0.1) is 21.8 Å². The Bertz CT molecular complexity index is 1220. The minimum absolute atomic E-state index is 0.00264. The lowest BCUT2D eigenvalue weighted by atomic mass is 9.92. The highest BCUT2D eigenvalue weighted by Gasteiger charge is 2.23. The summed E-state index contributed by atoms with van der Waals surface area (Å²) in [5, 5.41) is 4.14. The van der Waals surface area contributed by atoms with E-state index in [9.17, 15) is 4.79 Å². The van der Waals surface area contributed by atoms with Crippen molar-refractivity contribution in [3.63, 3.8) is 0 Å². The van der Waals surface area contributed by atoms with Crippen molar-refractivity contribution in [2.45, 2.75) is 37.6 Å². The van der Waals surface area contributed by atoms with Crippen molar-refractivity contribution in [2.75, 3.05) is 19.6 Å². The number of thiocarbonyl (C=S) groups is 1. The first kappa shape index (κ1) is 22.2. The minimum atomic E-state index is 0.00264. The van der Waals surface area contributed by atoms with Gasteiger partial charge in [-0.05, 0) is 62.3 Å². The van der Waals surface area contributed by atoms with Crippen LogP contribution < -0.4 is 5.32 Å². The summed E-state index contributed by atoms with van der Waals surface area (Å²) in [4.78, 5) is 21.2. The Labute approximate surface area is 204 Å². The van der Waals surface area contributed by atoms with Crippen molar-refractivity contribution in [2.24, 2.45) is 5.92 Å². The lowest BCUT2D eigenvalue weighted by Gasteiger charge is -2.34. The number of nitrogens with one attached hydrogen (secondary N) is 1. The monoisotopic (exact) mass is 476 g/mol. The number of benzene rings is 1. The molecule has 2 aliphatic rings. The summed E-state index contributed by atoms with van der Waals surface area (Å²) in [7, 11) is 0. The molecule has 7 heteroatoms. The summed E-state index contributed by atoms with van der Waals surface area (Å²) < 4.78 is 2.08. The molecule has 1 fully saturated rings. The van der Waals surface area contributed by atoms with Gasteiger partial charge >= 0.3 is 0 Å². The topological polar surface area (TPSA) is 49.6 Å². The highest BCUT2D eigenvalue weighted by Crippen LogP contribution is 2.34. The van der Waals surface area contributed by atoms with Crippen LogP contribution in [0.25, 0.3) is 11.7 Å². The Balaban J connectivity index is 1.06. The van der Waals surface area contributed by atoms with Crippen molar-refractivity contribution in [3.8, 4) is 0 Å². The molecule has 0 bridgehead atoms. The van der Waals surface area contributed by atoms with Crippen LogP contribution in [0.2, 0.25) is 0 Å². The molecule has 0 spiro atoms. The van der Waals surface area contributed by atoms with E-state index in [1.54, 1.807) is 0 Å². The fourth-order valence-corrected chi connectivity index (χ4v) is 6.10. The number of piperidine rings is 1. The van der Waals surface area contributed by atoms with Gasteiger partial charge in [0.1, 0.15) is 10.6 Å². The van der Waals surface area contributed by atoms with E-state index in [0.717, 1.165) is 65.0 Å². The average Bonchev–Trinajstić information content (AvgIpc) is 3.26. The number of nitrogens with zero attached hydrogens (tertiary/aromatic N) is 3. The van der Waals surface area contributed by atoms with E-state index >= 15 is 0 Å². The predicted octanol–water partition coefficient (Wildman–Crippen LogP) is 5.07. The number of imidazole rings is 1. The van der Waals surface area contributed by atoms with E-state index < -0.39 is 0 Å². The molecule has 1 N–H and O–H groups in total. The average molecular weight is 477 g/mol. The minimum Gasteiger partial charge on any atom is -0.362 e. The van der Waals surface area contributed by atoms with E-state index in [-0.39, 0.29) is 5.91 Å². The predicted molar refractivity (Wildman–Crippen MR) is 138 cm³/mol. The molecule has 5 rings (SSSR count). The molecule has 3 aromatic rings. The van der Waals surface area contributed by atoms with E-state index in [0.29, 0.717) is 12.5 Å². The third-order valence-electron chi connectivity index (χ3n) is 6.59. The number of likely N-dealkylation sites (tertiary alicyclic amines) is 1. The van der Waals surface area contributed by atoms with Gasteiger partial charge < -0.3 is 10.2 Å². The van der Waals surface area contributed by atoms with E-state index in [2.05, 4.69) is 50.8 Å². The van der Waals surface area contributed by atoms with Crippen LogP contribution in [0.3, 0.4) is 0 Å². The van der Waals surface area contributed by atoms with Crippen LogP contribution in [-0.2, 0) is 4.79 Å². The smallest absolute Gasteiger partial charge is 0.258 e. The molecule has 170 valence electrons. The van der Waals surface area contributed by atoms with Crippen LogP contribution in [0, 0.1) is 12.8 Å². The van der Waals surface area contributed by atoms with Crippen LogP contribution in [0.4, 0.5) is 0 Å². The fourth-order valence-electron chi connectivity index (χ4n) is 4.69. The van der Waals surface area contributed by atoms with Gasteiger partial charge in [-0.3, -0.25) is 9.20 Å². The van der Waals surface area contributed by atoms with E-state index in [4.69, 9.17) is 12.2 Å². The first-order valence-corrected chi connectivity index (χ1v) is 12.8. The molecule has 0 aliphatic carbocycles. The molecule has 2 aromatic heterocycles. The molecular formula is C26H28N4OS2. The zero-order valence-electron chi connectivity index (χ0n) is 18.8. The van der Waals surface area contributed by atoms with E-state index in [1.807, 2.05) is 30.5 Å². The molecule has 0 radical (unpaired) electrons. The van der Waals surface area contributed by atoms with Crippen molar-refractivity contribution in [3.05, 3.63) is 70.4 Å². The van der Waals surface area contributed by atoms with E-state index in [1.165, 1.54) is 22.9 Å². The largest absolute Gasteiger partial charge is 0.362 e. The number of carbonyl (C=O) groups is 1. The third-order valence-corrected chi connectivity index (χ3v) is 8.12. The maximum atomic E-state index is 12.7. The molecule has 0 unspecified atom stereocenters. The van der Waals surface area contributed by atoms with Gasteiger partial charge in [0, 0.05) is 25.2 Å². The number of amides is 1. The second-order valence-electron chi connectivity index (χ2n) is 8.80. The Hall–Kier alpha value is -2.64. The van der Waals surface area contributed by atoms with Crippen molar-refractivity contribution >= 4 is 46.6 Å². The van der Waals surface area contributed by atoms with Gasteiger partial charge in [-0.2, -0.15) is 0 Å². The van der Waals surface area contributed by atoms with Gasteiger partial charge in [-0.1, -0.05) is 54.3 Å². The number of hydrogen-bond acceptors (Lipinski definition) is 4. The van der Waals surface area contributed by atoms with Gasteiger partial charge in [0.2, 0.25) is 0 Å². The molecule has 4 heterocycles. The molecular weight excluding hydrogens is 448 g/mol. The number of aryl methyl sites for hydroxylation is 1. The molecule has 33 heavy (non-hydrogen) atoms. The van der Waals surface area contributed by atoms with Crippen molar-refractivity contribution in [1.29, 1.82) is 0 Å². The molecule has 5 nitrogen and oxygen atoms in total. The number of thioether (sulfide) groups is 1. The van der Waals surface area contributed by atoms with Crippen molar-refractivity contribution < 1.29 is 4.79 Å². The Morgan fingerprint density at radius 1 is 1.18 bits per heavy atom. The van der Waals surface area contributed by atoms with Gasteiger partial charge in [0.15, 0.2) is 0 Å². The fraction of sp³-hybridized carbons (Fsp3) is 0.346. The quantitative estimate of drug-likeness (QED) is 0.397. The number of pyridine rings is 1. The highest BCUT2D eigenvalue weighted by atomic mass is 32.2. The highest BCUT2D eigenvalue weighted by molar-refractivity contribution is 8.04. The van der Waals surface area contributed by atoms with Crippen molar-refractivity contribution in [1.82, 2.24) is 19.6 Å². The van der Waals surface area contributed by atoms with Gasteiger partial charge in [-0.25, -0.2) is 4.98 Å². The van der Waals surface area contributed by atoms with Crippen LogP contribution in [0.5, 0.6) is 0 Å². The molecule has 0 saturated carbocycles. The molecule has 2 aliphatic heterocycles.